The molecule has 25 heavy (non-hydrogen) atoms. The Balaban J connectivity index is 1.85. The summed E-state index contributed by atoms with van der Waals surface area (Å²) in [4.78, 5) is 11.8. The minimum Gasteiger partial charge on any atom is -0.435 e. The predicted molar refractivity (Wildman–Crippen MR) is 93.1 cm³/mol. The predicted octanol–water partition coefficient (Wildman–Crippen LogP) is 3.55. The van der Waals surface area contributed by atoms with Crippen molar-refractivity contribution in [2.75, 3.05) is 11.9 Å². The van der Waals surface area contributed by atoms with Crippen LogP contribution in [-0.2, 0) is 4.79 Å². The van der Waals surface area contributed by atoms with E-state index in [1.54, 1.807) is 19.1 Å². The second-order valence-corrected chi connectivity index (χ2v) is 5.35. The van der Waals surface area contributed by atoms with Gasteiger partial charge in [-0.15, -0.1) is 0 Å². The standard InChI is InChI=1S/C18H19F2N3O2/c1-12-3-7-15(8-4-12)21-11-17(24)23-22-13(2)14-5-9-16(10-6-14)25-18(19)20/h3-10,18,21H,11H2,1-2H3,(H,23,24)/b22-13-. The molecule has 0 radical (unpaired) electrons. The first kappa shape index (κ1) is 18.4. The molecular weight excluding hydrogens is 328 g/mol. The SMILES string of the molecule is C/C(=N/NC(=O)CNc1ccc(C)cc1)c1ccc(OC(F)F)cc1. The van der Waals surface area contributed by atoms with Crippen molar-refractivity contribution in [3.05, 3.63) is 59.7 Å². The highest BCUT2D eigenvalue weighted by Gasteiger charge is 2.05. The van der Waals surface area contributed by atoms with Crippen molar-refractivity contribution in [3.63, 3.8) is 0 Å². The number of halogens is 2. The van der Waals surface area contributed by atoms with E-state index in [1.165, 1.54) is 12.1 Å². The monoisotopic (exact) mass is 347 g/mol. The molecule has 0 spiro atoms. The molecule has 0 aliphatic rings. The van der Waals surface area contributed by atoms with Crippen LogP contribution in [0.3, 0.4) is 0 Å². The van der Waals surface area contributed by atoms with Gasteiger partial charge in [0.25, 0.3) is 5.91 Å². The molecule has 2 N–H and O–H groups in total. The van der Waals surface area contributed by atoms with Gasteiger partial charge in [0, 0.05) is 5.69 Å². The first-order chi connectivity index (χ1) is 11.9. The van der Waals surface area contributed by atoms with Crippen LogP contribution in [0.4, 0.5) is 14.5 Å². The number of amides is 1. The molecule has 132 valence electrons. The van der Waals surface area contributed by atoms with Gasteiger partial charge in [0.1, 0.15) is 5.75 Å². The number of rotatable bonds is 7. The maximum atomic E-state index is 12.1. The molecule has 1 amide bonds. The van der Waals surface area contributed by atoms with Crippen LogP contribution in [0, 0.1) is 6.92 Å². The Morgan fingerprint density at radius 3 is 2.36 bits per heavy atom. The van der Waals surface area contributed by atoms with E-state index in [4.69, 9.17) is 0 Å². The molecule has 0 heterocycles. The third kappa shape index (κ3) is 6.21. The Bertz CT molecular complexity index is 729. The molecule has 0 aliphatic heterocycles. The first-order valence-electron chi connectivity index (χ1n) is 7.63. The van der Waals surface area contributed by atoms with E-state index in [0.29, 0.717) is 11.3 Å². The van der Waals surface area contributed by atoms with Crippen LogP contribution in [0.15, 0.2) is 53.6 Å². The minimum atomic E-state index is -2.86. The third-order valence-electron chi connectivity index (χ3n) is 3.35. The van der Waals surface area contributed by atoms with Crippen molar-refractivity contribution >= 4 is 17.3 Å². The average molecular weight is 347 g/mol. The van der Waals surface area contributed by atoms with E-state index in [1.807, 2.05) is 31.2 Å². The molecule has 2 aromatic carbocycles. The summed E-state index contributed by atoms with van der Waals surface area (Å²) in [5, 5.41) is 6.99. The quantitative estimate of drug-likeness (QED) is 0.595. The van der Waals surface area contributed by atoms with E-state index >= 15 is 0 Å². The molecule has 0 fully saturated rings. The van der Waals surface area contributed by atoms with Crippen LogP contribution in [-0.4, -0.2) is 24.8 Å². The molecular formula is C18H19F2N3O2. The number of hydrazone groups is 1. The number of hydrogen-bond donors (Lipinski definition) is 2. The lowest BCUT2D eigenvalue weighted by atomic mass is 10.1. The lowest BCUT2D eigenvalue weighted by molar-refractivity contribution is -0.119. The fourth-order valence-corrected chi connectivity index (χ4v) is 1.98. The lowest BCUT2D eigenvalue weighted by Gasteiger charge is -2.07. The zero-order chi connectivity index (χ0) is 18.2. The van der Waals surface area contributed by atoms with Gasteiger partial charge in [0.2, 0.25) is 0 Å². The average Bonchev–Trinajstić information content (AvgIpc) is 2.59. The lowest BCUT2D eigenvalue weighted by Crippen LogP contribution is -2.26. The maximum Gasteiger partial charge on any atom is 0.387 e. The van der Waals surface area contributed by atoms with Crippen molar-refractivity contribution < 1.29 is 18.3 Å². The number of hydrogen-bond acceptors (Lipinski definition) is 4. The fourth-order valence-electron chi connectivity index (χ4n) is 1.98. The Morgan fingerprint density at radius 2 is 1.76 bits per heavy atom. The zero-order valence-electron chi connectivity index (χ0n) is 13.9. The van der Waals surface area contributed by atoms with Gasteiger partial charge in [-0.3, -0.25) is 4.79 Å². The van der Waals surface area contributed by atoms with Crippen molar-refractivity contribution in [2.45, 2.75) is 20.5 Å². The summed E-state index contributed by atoms with van der Waals surface area (Å²) in [6.45, 7) is 0.915. The van der Waals surface area contributed by atoms with Crippen LogP contribution in [0.25, 0.3) is 0 Å². The number of benzene rings is 2. The van der Waals surface area contributed by atoms with Crippen LogP contribution in [0.2, 0.25) is 0 Å². The Kier molecular flexibility index (Phi) is 6.45. The normalized spacial score (nSPS) is 11.3. The summed E-state index contributed by atoms with van der Waals surface area (Å²) in [6.07, 6.45) is 0. The largest absolute Gasteiger partial charge is 0.435 e. The highest BCUT2D eigenvalue weighted by Crippen LogP contribution is 2.15. The van der Waals surface area contributed by atoms with Crippen molar-refractivity contribution in [1.82, 2.24) is 5.43 Å². The summed E-state index contributed by atoms with van der Waals surface area (Å²) in [5.41, 5.74) is 5.66. The van der Waals surface area contributed by atoms with Gasteiger partial charge in [-0.05, 0) is 55.8 Å². The topological polar surface area (TPSA) is 62.7 Å². The van der Waals surface area contributed by atoms with E-state index in [-0.39, 0.29) is 18.2 Å². The van der Waals surface area contributed by atoms with Crippen molar-refractivity contribution in [3.8, 4) is 5.75 Å². The number of nitrogens with one attached hydrogen (secondary N) is 2. The van der Waals surface area contributed by atoms with Gasteiger partial charge in [0.05, 0.1) is 12.3 Å². The van der Waals surface area contributed by atoms with Gasteiger partial charge in [-0.2, -0.15) is 13.9 Å². The molecule has 2 aromatic rings. The van der Waals surface area contributed by atoms with Gasteiger partial charge in [0.15, 0.2) is 0 Å². The fraction of sp³-hybridized carbons (Fsp3) is 0.222. The van der Waals surface area contributed by atoms with E-state index in [0.717, 1.165) is 11.3 Å². The number of carbonyl (C=O) groups excluding carboxylic acids is 1. The van der Waals surface area contributed by atoms with Crippen LogP contribution < -0.4 is 15.5 Å². The number of aryl methyl sites for hydroxylation is 1. The second kappa shape index (κ2) is 8.77. The molecule has 0 aromatic heterocycles. The number of carbonyl (C=O) groups is 1. The van der Waals surface area contributed by atoms with E-state index in [9.17, 15) is 13.6 Å². The van der Waals surface area contributed by atoms with Gasteiger partial charge in [-0.1, -0.05) is 17.7 Å². The molecule has 7 heteroatoms. The Morgan fingerprint density at radius 1 is 1.12 bits per heavy atom. The molecule has 0 aliphatic carbocycles. The Hall–Kier alpha value is -2.96. The molecule has 2 rings (SSSR count). The Labute approximate surface area is 144 Å². The number of alkyl halides is 2. The summed E-state index contributed by atoms with van der Waals surface area (Å²) in [5.74, 6) is -0.226. The van der Waals surface area contributed by atoms with Gasteiger partial charge in [-0.25, -0.2) is 5.43 Å². The highest BCUT2D eigenvalue weighted by atomic mass is 19.3. The van der Waals surface area contributed by atoms with Gasteiger partial charge < -0.3 is 10.1 Å². The zero-order valence-corrected chi connectivity index (χ0v) is 13.9. The molecule has 0 saturated carbocycles. The van der Waals surface area contributed by atoms with E-state index in [2.05, 4.69) is 20.6 Å². The summed E-state index contributed by atoms with van der Waals surface area (Å²) in [6, 6.07) is 13.7. The summed E-state index contributed by atoms with van der Waals surface area (Å²) in [7, 11) is 0. The van der Waals surface area contributed by atoms with Crippen molar-refractivity contribution in [1.29, 1.82) is 0 Å². The van der Waals surface area contributed by atoms with Gasteiger partial charge >= 0.3 is 6.61 Å². The number of nitrogens with zero attached hydrogens (tertiary/aromatic N) is 1. The molecule has 5 nitrogen and oxygen atoms in total. The summed E-state index contributed by atoms with van der Waals surface area (Å²) < 4.78 is 28.5. The van der Waals surface area contributed by atoms with Crippen LogP contribution in [0.5, 0.6) is 5.75 Å². The number of ether oxygens (including phenoxy) is 1. The minimum absolute atomic E-state index is 0.0675. The first-order valence-corrected chi connectivity index (χ1v) is 7.63. The molecule has 0 bridgehead atoms. The third-order valence-corrected chi connectivity index (χ3v) is 3.35. The maximum absolute atomic E-state index is 12.1. The highest BCUT2D eigenvalue weighted by molar-refractivity contribution is 5.99. The van der Waals surface area contributed by atoms with Crippen LogP contribution >= 0.6 is 0 Å². The summed E-state index contributed by atoms with van der Waals surface area (Å²) >= 11 is 0. The smallest absolute Gasteiger partial charge is 0.387 e. The van der Waals surface area contributed by atoms with Crippen molar-refractivity contribution in [2.24, 2.45) is 5.10 Å². The van der Waals surface area contributed by atoms with E-state index < -0.39 is 6.61 Å². The van der Waals surface area contributed by atoms with Crippen LogP contribution in [0.1, 0.15) is 18.1 Å². The molecule has 0 atom stereocenters. The molecule has 0 saturated heterocycles. The molecule has 0 unspecified atom stereocenters. The second-order valence-electron chi connectivity index (χ2n) is 5.35. The number of anilines is 1.